The molecule has 1 aliphatic heterocycles. The molecule has 2 aromatic heterocycles. The average molecular weight is 412 g/mol. The molecule has 156 valence electrons. The molecule has 1 atom stereocenters. The van der Waals surface area contributed by atoms with E-state index in [0.29, 0.717) is 5.88 Å². The molecule has 0 spiro atoms. The lowest BCUT2D eigenvalue weighted by molar-refractivity contribution is 0.160. The molecular weight excluding hydrogens is 386 g/mol. The molecule has 6 nitrogen and oxygen atoms in total. The molecule has 0 aliphatic carbocycles. The number of aryl methyl sites for hydroxylation is 1. The molecule has 0 bridgehead atoms. The summed E-state index contributed by atoms with van der Waals surface area (Å²) in [6, 6.07) is 22.7. The van der Waals surface area contributed by atoms with E-state index in [0.717, 1.165) is 46.8 Å². The zero-order chi connectivity index (χ0) is 21.2. The number of hydrogen-bond donors (Lipinski definition) is 1. The van der Waals surface area contributed by atoms with E-state index < -0.39 is 0 Å². The van der Waals surface area contributed by atoms with E-state index in [1.54, 1.807) is 4.68 Å². The highest BCUT2D eigenvalue weighted by atomic mass is 16.5. The second-order valence-corrected chi connectivity index (χ2v) is 7.98. The van der Waals surface area contributed by atoms with Gasteiger partial charge in [-0.25, -0.2) is 0 Å². The minimum Gasteiger partial charge on any atom is -0.468 e. The summed E-state index contributed by atoms with van der Waals surface area (Å²) in [6.45, 7) is 1.63. The largest absolute Gasteiger partial charge is 0.468 e. The van der Waals surface area contributed by atoms with Gasteiger partial charge in [0, 0.05) is 43.1 Å². The number of ether oxygens (including phenoxy) is 1. The van der Waals surface area contributed by atoms with Gasteiger partial charge in [0.2, 0.25) is 5.88 Å². The molecule has 0 amide bonds. The smallest absolute Gasteiger partial charge is 0.220 e. The van der Waals surface area contributed by atoms with Gasteiger partial charge in [-0.1, -0.05) is 42.5 Å². The maximum atomic E-state index is 6.37. The average Bonchev–Trinajstić information content (AvgIpc) is 3.14. The maximum absolute atomic E-state index is 6.37. The van der Waals surface area contributed by atoms with Crippen molar-refractivity contribution in [3.05, 3.63) is 90.3 Å². The van der Waals surface area contributed by atoms with Crippen molar-refractivity contribution in [3.8, 4) is 17.0 Å². The molecular formula is C25H25N5O. The van der Waals surface area contributed by atoms with Crippen LogP contribution < -0.4 is 10.1 Å². The summed E-state index contributed by atoms with van der Waals surface area (Å²) in [6.07, 6.45) is 3.83. The van der Waals surface area contributed by atoms with Crippen LogP contribution in [0.2, 0.25) is 0 Å². The van der Waals surface area contributed by atoms with Gasteiger partial charge in [0.1, 0.15) is 11.9 Å². The highest BCUT2D eigenvalue weighted by Crippen LogP contribution is 2.31. The molecule has 3 heterocycles. The SMILES string of the molecule is CN1Cc2ccc(Nc3ccc(-c4cnn(C)c4)cc3)nc2O[C@H](c2ccccc2)C1. The zero-order valence-electron chi connectivity index (χ0n) is 17.7. The Labute approximate surface area is 182 Å². The predicted molar refractivity (Wildman–Crippen MR) is 122 cm³/mol. The number of benzene rings is 2. The van der Waals surface area contributed by atoms with Gasteiger partial charge in [-0.15, -0.1) is 0 Å². The molecule has 0 saturated heterocycles. The second kappa shape index (κ2) is 8.24. The third kappa shape index (κ3) is 4.29. The summed E-state index contributed by atoms with van der Waals surface area (Å²) >= 11 is 0. The highest BCUT2D eigenvalue weighted by Gasteiger charge is 2.23. The minimum absolute atomic E-state index is 0.0473. The fourth-order valence-corrected chi connectivity index (χ4v) is 3.88. The summed E-state index contributed by atoms with van der Waals surface area (Å²) < 4.78 is 8.18. The molecule has 4 aromatic rings. The van der Waals surface area contributed by atoms with E-state index >= 15 is 0 Å². The number of hydrogen-bond acceptors (Lipinski definition) is 5. The Morgan fingerprint density at radius 2 is 1.74 bits per heavy atom. The van der Waals surface area contributed by atoms with Crippen LogP contribution in [0, 0.1) is 0 Å². The van der Waals surface area contributed by atoms with Crippen molar-refractivity contribution in [1.29, 1.82) is 0 Å². The number of nitrogens with one attached hydrogen (secondary N) is 1. The Kier molecular flexibility index (Phi) is 5.14. The zero-order valence-corrected chi connectivity index (χ0v) is 17.7. The number of aromatic nitrogens is 3. The van der Waals surface area contributed by atoms with E-state index in [2.05, 4.69) is 64.8 Å². The Bertz CT molecular complexity index is 1170. The number of fused-ring (bicyclic) bond motifs is 1. The summed E-state index contributed by atoms with van der Waals surface area (Å²) in [5.74, 6) is 1.46. The van der Waals surface area contributed by atoms with Crippen molar-refractivity contribution >= 4 is 11.5 Å². The number of likely N-dealkylation sites (N-methyl/N-ethyl adjacent to an activating group) is 1. The van der Waals surface area contributed by atoms with Crippen LogP contribution in [0.3, 0.4) is 0 Å². The lowest BCUT2D eigenvalue weighted by atomic mass is 10.1. The van der Waals surface area contributed by atoms with Crippen molar-refractivity contribution in [3.63, 3.8) is 0 Å². The van der Waals surface area contributed by atoms with Crippen molar-refractivity contribution in [1.82, 2.24) is 19.7 Å². The summed E-state index contributed by atoms with van der Waals surface area (Å²) in [5, 5.41) is 7.64. The molecule has 1 N–H and O–H groups in total. The van der Waals surface area contributed by atoms with Crippen molar-refractivity contribution in [2.45, 2.75) is 12.6 Å². The quantitative estimate of drug-likeness (QED) is 0.523. The first kappa shape index (κ1) is 19.3. The molecule has 5 rings (SSSR count). The summed E-state index contributed by atoms with van der Waals surface area (Å²) in [5.41, 5.74) is 5.46. The molecule has 1 aliphatic rings. The lowest BCUT2D eigenvalue weighted by Gasteiger charge is -2.20. The van der Waals surface area contributed by atoms with Gasteiger partial charge in [-0.05, 0) is 42.4 Å². The molecule has 0 radical (unpaired) electrons. The number of rotatable bonds is 4. The van der Waals surface area contributed by atoms with E-state index in [1.165, 1.54) is 0 Å². The first-order valence-corrected chi connectivity index (χ1v) is 10.4. The Hall–Kier alpha value is -3.64. The lowest BCUT2D eigenvalue weighted by Crippen LogP contribution is -2.24. The van der Waals surface area contributed by atoms with E-state index in [-0.39, 0.29) is 6.10 Å². The van der Waals surface area contributed by atoms with Gasteiger partial charge in [-0.3, -0.25) is 9.58 Å². The Morgan fingerprint density at radius 3 is 2.48 bits per heavy atom. The van der Waals surface area contributed by atoms with Crippen LogP contribution in [0.1, 0.15) is 17.2 Å². The van der Waals surface area contributed by atoms with Crippen LogP contribution in [-0.4, -0.2) is 33.3 Å². The first-order chi connectivity index (χ1) is 15.1. The number of anilines is 2. The fraction of sp³-hybridized carbons (Fsp3) is 0.200. The van der Waals surface area contributed by atoms with Gasteiger partial charge in [0.05, 0.1) is 6.20 Å². The third-order valence-electron chi connectivity index (χ3n) is 5.48. The third-order valence-corrected chi connectivity index (χ3v) is 5.48. The van der Waals surface area contributed by atoms with Gasteiger partial charge < -0.3 is 10.1 Å². The molecule has 0 unspecified atom stereocenters. The van der Waals surface area contributed by atoms with Gasteiger partial charge in [0.15, 0.2) is 0 Å². The van der Waals surface area contributed by atoms with Gasteiger partial charge in [-0.2, -0.15) is 10.1 Å². The number of nitrogens with zero attached hydrogens (tertiary/aromatic N) is 4. The van der Waals surface area contributed by atoms with Crippen LogP contribution in [0.4, 0.5) is 11.5 Å². The van der Waals surface area contributed by atoms with Crippen LogP contribution in [0.15, 0.2) is 79.1 Å². The Balaban J connectivity index is 1.36. The fourth-order valence-electron chi connectivity index (χ4n) is 3.88. The molecule has 31 heavy (non-hydrogen) atoms. The normalized spacial score (nSPS) is 16.3. The van der Waals surface area contributed by atoms with Crippen molar-refractivity contribution in [2.24, 2.45) is 7.05 Å². The minimum atomic E-state index is -0.0473. The van der Waals surface area contributed by atoms with Crippen molar-refractivity contribution in [2.75, 3.05) is 18.9 Å². The summed E-state index contributed by atoms with van der Waals surface area (Å²) in [4.78, 5) is 7.06. The van der Waals surface area contributed by atoms with E-state index in [4.69, 9.17) is 9.72 Å². The highest BCUT2D eigenvalue weighted by molar-refractivity contribution is 5.66. The predicted octanol–water partition coefficient (Wildman–Crippen LogP) is 4.79. The van der Waals surface area contributed by atoms with E-state index in [1.807, 2.05) is 43.7 Å². The van der Waals surface area contributed by atoms with Crippen LogP contribution in [0.5, 0.6) is 5.88 Å². The maximum Gasteiger partial charge on any atom is 0.220 e. The molecule has 0 fully saturated rings. The van der Waals surface area contributed by atoms with E-state index in [9.17, 15) is 0 Å². The van der Waals surface area contributed by atoms with Gasteiger partial charge >= 0.3 is 0 Å². The van der Waals surface area contributed by atoms with Gasteiger partial charge in [0.25, 0.3) is 0 Å². The molecule has 6 heteroatoms. The Morgan fingerprint density at radius 1 is 0.935 bits per heavy atom. The first-order valence-electron chi connectivity index (χ1n) is 10.4. The second-order valence-electron chi connectivity index (χ2n) is 7.98. The molecule has 0 saturated carbocycles. The number of pyridine rings is 1. The van der Waals surface area contributed by atoms with Crippen LogP contribution in [-0.2, 0) is 13.6 Å². The van der Waals surface area contributed by atoms with Crippen LogP contribution in [0.25, 0.3) is 11.1 Å². The summed E-state index contributed by atoms with van der Waals surface area (Å²) in [7, 11) is 4.04. The molecule has 2 aromatic carbocycles. The topological polar surface area (TPSA) is 55.2 Å². The monoisotopic (exact) mass is 411 g/mol. The standard InChI is InChI=1S/C25H25N5O/c1-29-15-20-10-13-24(28-25(20)31-23(17-29)19-6-4-3-5-7-19)27-22-11-8-18(9-12-22)21-14-26-30(2)16-21/h3-14,16,23H,15,17H2,1-2H3,(H,27,28)/t23-/m0/s1. The van der Waals surface area contributed by atoms with Crippen molar-refractivity contribution < 1.29 is 4.74 Å². The van der Waals surface area contributed by atoms with Crippen LogP contribution >= 0.6 is 0 Å².